The lowest BCUT2D eigenvalue weighted by Gasteiger charge is -2.40. The fourth-order valence-corrected chi connectivity index (χ4v) is 3.72. The van der Waals surface area contributed by atoms with Crippen molar-refractivity contribution in [1.29, 1.82) is 0 Å². The number of carbonyl (C=O) groups is 1. The van der Waals surface area contributed by atoms with Gasteiger partial charge in [-0.15, -0.1) is 0 Å². The van der Waals surface area contributed by atoms with Crippen LogP contribution in [-0.2, 0) is 6.42 Å². The molecule has 1 amide bonds. The summed E-state index contributed by atoms with van der Waals surface area (Å²) in [6, 6.07) is 11.9. The molecule has 1 atom stereocenters. The van der Waals surface area contributed by atoms with Gasteiger partial charge < -0.3 is 19.9 Å². The molecular weight excluding hydrogens is 330 g/mol. The highest BCUT2D eigenvalue weighted by Gasteiger charge is 2.37. The SMILES string of the molecule is COc1ccc(-c2ccc3c(c2)CCC(C)(C)[C@@H]3NC(=O)O)cc1OC. The molecule has 0 aromatic heterocycles. The second kappa shape index (κ2) is 6.90. The van der Waals surface area contributed by atoms with E-state index in [0.29, 0.717) is 11.5 Å². The number of hydrogen-bond donors (Lipinski definition) is 2. The number of nitrogens with one attached hydrogen (secondary N) is 1. The van der Waals surface area contributed by atoms with Crippen molar-refractivity contribution in [3.63, 3.8) is 0 Å². The molecule has 0 spiro atoms. The topological polar surface area (TPSA) is 67.8 Å². The normalized spacial score (nSPS) is 17.9. The van der Waals surface area contributed by atoms with E-state index >= 15 is 0 Å². The average Bonchev–Trinajstić information content (AvgIpc) is 2.63. The predicted octanol–water partition coefficient (Wildman–Crippen LogP) is 4.65. The quantitative estimate of drug-likeness (QED) is 0.837. The number of methoxy groups -OCH3 is 2. The van der Waals surface area contributed by atoms with Crippen molar-refractivity contribution in [1.82, 2.24) is 5.32 Å². The van der Waals surface area contributed by atoms with Crippen molar-refractivity contribution in [2.75, 3.05) is 14.2 Å². The second-order valence-corrected chi connectivity index (χ2v) is 7.35. The van der Waals surface area contributed by atoms with Crippen molar-refractivity contribution in [3.05, 3.63) is 47.5 Å². The highest BCUT2D eigenvalue weighted by Crippen LogP contribution is 2.44. The van der Waals surface area contributed by atoms with E-state index in [9.17, 15) is 9.90 Å². The van der Waals surface area contributed by atoms with E-state index < -0.39 is 6.09 Å². The van der Waals surface area contributed by atoms with Crippen LogP contribution in [0.3, 0.4) is 0 Å². The van der Waals surface area contributed by atoms with Crippen molar-refractivity contribution in [2.24, 2.45) is 5.41 Å². The van der Waals surface area contributed by atoms with Crippen LogP contribution in [0.15, 0.2) is 36.4 Å². The van der Waals surface area contributed by atoms with Gasteiger partial charge in [0.2, 0.25) is 0 Å². The molecule has 2 aromatic rings. The maximum atomic E-state index is 11.2. The minimum Gasteiger partial charge on any atom is -0.493 e. The fraction of sp³-hybridized carbons (Fsp3) is 0.381. The Kier molecular flexibility index (Phi) is 4.81. The van der Waals surface area contributed by atoms with Crippen molar-refractivity contribution in [2.45, 2.75) is 32.7 Å². The molecule has 0 saturated carbocycles. The molecule has 138 valence electrons. The number of aryl methyl sites for hydroxylation is 1. The molecule has 2 N–H and O–H groups in total. The highest BCUT2D eigenvalue weighted by molar-refractivity contribution is 5.70. The summed E-state index contributed by atoms with van der Waals surface area (Å²) in [5.74, 6) is 1.39. The first-order valence-corrected chi connectivity index (χ1v) is 8.70. The fourth-order valence-electron chi connectivity index (χ4n) is 3.72. The molecule has 0 aliphatic heterocycles. The summed E-state index contributed by atoms with van der Waals surface area (Å²) in [5, 5.41) is 11.9. The monoisotopic (exact) mass is 355 g/mol. The summed E-state index contributed by atoms with van der Waals surface area (Å²) in [4.78, 5) is 11.2. The van der Waals surface area contributed by atoms with E-state index in [2.05, 4.69) is 25.2 Å². The zero-order chi connectivity index (χ0) is 18.9. The van der Waals surface area contributed by atoms with Crippen LogP contribution in [0.5, 0.6) is 11.5 Å². The molecule has 2 aromatic carbocycles. The van der Waals surface area contributed by atoms with Gasteiger partial charge in [0, 0.05) is 0 Å². The number of benzene rings is 2. The second-order valence-electron chi connectivity index (χ2n) is 7.35. The summed E-state index contributed by atoms with van der Waals surface area (Å²) in [7, 11) is 3.24. The number of ether oxygens (including phenoxy) is 2. The molecule has 0 saturated heterocycles. The number of rotatable bonds is 4. The number of fused-ring (bicyclic) bond motifs is 1. The Bertz CT molecular complexity index is 829. The summed E-state index contributed by atoms with van der Waals surface area (Å²) in [6.07, 6.45) is 0.876. The van der Waals surface area contributed by atoms with Crippen molar-refractivity contribution in [3.8, 4) is 22.6 Å². The summed E-state index contributed by atoms with van der Waals surface area (Å²) in [6.45, 7) is 4.22. The van der Waals surface area contributed by atoms with Gasteiger partial charge in [-0.05, 0) is 52.6 Å². The lowest BCUT2D eigenvalue weighted by atomic mass is 9.70. The van der Waals surface area contributed by atoms with Gasteiger partial charge >= 0.3 is 6.09 Å². The molecule has 0 fully saturated rings. The Morgan fingerprint density at radius 1 is 1.08 bits per heavy atom. The molecule has 0 unspecified atom stereocenters. The van der Waals surface area contributed by atoms with E-state index in [1.54, 1.807) is 14.2 Å². The van der Waals surface area contributed by atoms with Gasteiger partial charge in [0.1, 0.15) is 0 Å². The molecule has 5 nitrogen and oxygen atoms in total. The third-order valence-corrected chi connectivity index (χ3v) is 5.26. The molecule has 0 heterocycles. The van der Waals surface area contributed by atoms with E-state index in [1.165, 1.54) is 5.56 Å². The Balaban J connectivity index is 2.00. The van der Waals surface area contributed by atoms with Gasteiger partial charge in [0.05, 0.1) is 20.3 Å². The Labute approximate surface area is 153 Å². The Morgan fingerprint density at radius 3 is 2.38 bits per heavy atom. The zero-order valence-corrected chi connectivity index (χ0v) is 15.6. The highest BCUT2D eigenvalue weighted by atomic mass is 16.5. The standard InChI is InChI=1S/C21H25NO4/c1-21(2)10-9-15-11-13(5-7-16(15)19(21)22-20(23)24)14-6-8-17(25-3)18(12-14)26-4/h5-8,11-12,19,22H,9-10H2,1-4H3,(H,23,24)/t19-/m1/s1. The van der Waals surface area contributed by atoms with Gasteiger partial charge in [-0.1, -0.05) is 38.1 Å². The van der Waals surface area contributed by atoms with Crippen LogP contribution in [0.4, 0.5) is 4.79 Å². The summed E-state index contributed by atoms with van der Waals surface area (Å²) >= 11 is 0. The summed E-state index contributed by atoms with van der Waals surface area (Å²) < 4.78 is 10.7. The molecule has 0 radical (unpaired) electrons. The van der Waals surface area contributed by atoms with Gasteiger partial charge in [-0.2, -0.15) is 0 Å². The molecule has 26 heavy (non-hydrogen) atoms. The Morgan fingerprint density at radius 2 is 1.73 bits per heavy atom. The van der Waals surface area contributed by atoms with Crippen LogP contribution in [0, 0.1) is 5.41 Å². The molecule has 1 aliphatic carbocycles. The molecule has 5 heteroatoms. The maximum absolute atomic E-state index is 11.2. The molecule has 1 aliphatic rings. The Hall–Kier alpha value is -2.69. The first-order chi connectivity index (χ1) is 12.4. The molecule has 0 bridgehead atoms. The first-order valence-electron chi connectivity index (χ1n) is 8.70. The average molecular weight is 355 g/mol. The van der Waals surface area contributed by atoms with Crippen LogP contribution >= 0.6 is 0 Å². The van der Waals surface area contributed by atoms with E-state index in [1.807, 2.05) is 30.3 Å². The maximum Gasteiger partial charge on any atom is 0.405 e. The van der Waals surface area contributed by atoms with Crippen LogP contribution in [0.25, 0.3) is 11.1 Å². The van der Waals surface area contributed by atoms with Crippen molar-refractivity contribution < 1.29 is 19.4 Å². The first kappa shape index (κ1) is 18.1. The lowest BCUT2D eigenvalue weighted by molar-refractivity contribution is 0.161. The third-order valence-electron chi connectivity index (χ3n) is 5.26. The summed E-state index contributed by atoms with van der Waals surface area (Å²) in [5.41, 5.74) is 4.26. The van der Waals surface area contributed by atoms with Crippen LogP contribution in [-0.4, -0.2) is 25.4 Å². The number of amides is 1. The van der Waals surface area contributed by atoms with E-state index in [0.717, 1.165) is 29.5 Å². The molecular formula is C21H25NO4. The van der Waals surface area contributed by atoms with Gasteiger partial charge in [0.25, 0.3) is 0 Å². The van der Waals surface area contributed by atoms with Gasteiger partial charge in [-0.25, -0.2) is 4.79 Å². The van der Waals surface area contributed by atoms with Gasteiger partial charge in [-0.3, -0.25) is 0 Å². The largest absolute Gasteiger partial charge is 0.493 e. The molecule has 3 rings (SSSR count). The van der Waals surface area contributed by atoms with Crippen LogP contribution in [0.2, 0.25) is 0 Å². The minimum absolute atomic E-state index is 0.115. The van der Waals surface area contributed by atoms with Crippen molar-refractivity contribution >= 4 is 6.09 Å². The smallest absolute Gasteiger partial charge is 0.405 e. The zero-order valence-electron chi connectivity index (χ0n) is 15.6. The van der Waals surface area contributed by atoms with Crippen LogP contribution < -0.4 is 14.8 Å². The van der Waals surface area contributed by atoms with Gasteiger partial charge in [0.15, 0.2) is 11.5 Å². The number of carboxylic acid groups (broad SMARTS) is 1. The van der Waals surface area contributed by atoms with E-state index in [4.69, 9.17) is 9.47 Å². The number of hydrogen-bond acceptors (Lipinski definition) is 3. The predicted molar refractivity (Wildman–Crippen MR) is 101 cm³/mol. The van der Waals surface area contributed by atoms with Crippen LogP contribution in [0.1, 0.15) is 37.4 Å². The third kappa shape index (κ3) is 3.34. The lowest BCUT2D eigenvalue weighted by Crippen LogP contribution is -2.40. The minimum atomic E-state index is -0.986. The van der Waals surface area contributed by atoms with E-state index in [-0.39, 0.29) is 11.5 Å².